The van der Waals surface area contributed by atoms with Crippen molar-refractivity contribution in [1.29, 1.82) is 0 Å². The van der Waals surface area contributed by atoms with Crippen LogP contribution < -0.4 is 5.32 Å². The lowest BCUT2D eigenvalue weighted by Gasteiger charge is -2.12. The third-order valence-corrected chi connectivity index (χ3v) is 4.40. The molecule has 2 aromatic heterocycles. The lowest BCUT2D eigenvalue weighted by Crippen LogP contribution is -2.33. The van der Waals surface area contributed by atoms with Gasteiger partial charge in [0.2, 0.25) is 5.91 Å². The fourth-order valence-corrected chi connectivity index (χ4v) is 2.77. The number of nitrogens with one attached hydrogen (secondary N) is 1. The van der Waals surface area contributed by atoms with Crippen LogP contribution in [-0.2, 0) is 11.8 Å². The Hall–Kier alpha value is -1.76. The summed E-state index contributed by atoms with van der Waals surface area (Å²) in [6.45, 7) is 8.58. The molecule has 1 atom stereocenters. The maximum Gasteiger partial charge on any atom is 0.233 e. The molecule has 7 heteroatoms. The van der Waals surface area contributed by atoms with E-state index in [4.69, 9.17) is 4.42 Å². The number of thioether (sulfide) groups is 1. The summed E-state index contributed by atoms with van der Waals surface area (Å²) in [5.41, 5.74) is 0.916. The first-order chi connectivity index (χ1) is 10.4. The van der Waals surface area contributed by atoms with E-state index in [0.29, 0.717) is 17.6 Å². The van der Waals surface area contributed by atoms with Crippen molar-refractivity contribution in [1.82, 2.24) is 20.1 Å². The quantitative estimate of drug-likeness (QED) is 0.828. The highest BCUT2D eigenvalue weighted by atomic mass is 32.2. The second-order valence-electron chi connectivity index (χ2n) is 5.65. The average Bonchev–Trinajstić information content (AvgIpc) is 3.03. The Kier molecular flexibility index (Phi) is 5.28. The molecule has 2 aromatic rings. The van der Waals surface area contributed by atoms with Crippen LogP contribution in [-0.4, -0.2) is 32.5 Å². The molecule has 0 saturated carbocycles. The number of nitrogens with zero attached hydrogens (tertiary/aromatic N) is 3. The van der Waals surface area contributed by atoms with Crippen LogP contribution in [0, 0.1) is 12.8 Å². The summed E-state index contributed by atoms with van der Waals surface area (Å²) in [7, 11) is 1.89. The fourth-order valence-electron chi connectivity index (χ4n) is 1.93. The Bertz CT molecular complexity index is 648. The third kappa shape index (κ3) is 3.71. The summed E-state index contributed by atoms with van der Waals surface area (Å²) < 4.78 is 7.19. The topological polar surface area (TPSA) is 72.9 Å². The minimum atomic E-state index is -0.222. The van der Waals surface area contributed by atoms with Gasteiger partial charge in [-0.3, -0.25) is 4.79 Å². The van der Waals surface area contributed by atoms with Gasteiger partial charge in [-0.25, -0.2) is 0 Å². The van der Waals surface area contributed by atoms with E-state index < -0.39 is 0 Å². The van der Waals surface area contributed by atoms with Crippen LogP contribution in [0.3, 0.4) is 0 Å². The summed E-state index contributed by atoms with van der Waals surface area (Å²) >= 11 is 1.40. The van der Waals surface area contributed by atoms with Crippen molar-refractivity contribution in [2.45, 2.75) is 38.1 Å². The fraction of sp³-hybridized carbons (Fsp3) is 0.533. The number of rotatable bonds is 6. The third-order valence-electron chi connectivity index (χ3n) is 3.27. The second kappa shape index (κ2) is 7.00. The Morgan fingerprint density at radius 3 is 2.73 bits per heavy atom. The number of amides is 1. The van der Waals surface area contributed by atoms with Crippen LogP contribution in [0.15, 0.2) is 21.9 Å². The molecule has 0 saturated heterocycles. The van der Waals surface area contributed by atoms with Gasteiger partial charge < -0.3 is 14.3 Å². The highest BCUT2D eigenvalue weighted by Gasteiger charge is 2.20. The number of carbonyl (C=O) groups excluding carboxylic acids is 1. The van der Waals surface area contributed by atoms with Crippen molar-refractivity contribution in [2.75, 3.05) is 6.54 Å². The molecule has 0 unspecified atom stereocenters. The van der Waals surface area contributed by atoms with Crippen molar-refractivity contribution in [3.63, 3.8) is 0 Å². The molecule has 120 valence electrons. The van der Waals surface area contributed by atoms with Gasteiger partial charge in [-0.15, -0.1) is 10.2 Å². The molecular weight excluding hydrogens is 300 g/mol. The van der Waals surface area contributed by atoms with Gasteiger partial charge in [-0.1, -0.05) is 25.6 Å². The summed E-state index contributed by atoms with van der Waals surface area (Å²) in [5, 5.41) is 11.8. The largest absolute Gasteiger partial charge is 0.469 e. The number of furan rings is 1. The zero-order chi connectivity index (χ0) is 16.3. The first kappa shape index (κ1) is 16.6. The van der Waals surface area contributed by atoms with Crippen LogP contribution in [0.1, 0.15) is 26.5 Å². The number of aryl methyl sites for hydroxylation is 1. The molecule has 0 radical (unpaired) electrons. The standard InChI is InChI=1S/C15H22N4O2S/c1-9(2)8-16-14(20)11(4)22-15-18-17-13(19(15)5)12-6-7-21-10(12)3/h6-7,9,11H,8H2,1-5H3,(H,16,20)/t11-/m1/s1. The van der Waals surface area contributed by atoms with E-state index in [-0.39, 0.29) is 11.2 Å². The van der Waals surface area contributed by atoms with E-state index in [1.165, 1.54) is 11.8 Å². The molecule has 6 nitrogen and oxygen atoms in total. The molecule has 2 rings (SSSR count). The average molecular weight is 322 g/mol. The van der Waals surface area contributed by atoms with Crippen LogP contribution in [0.4, 0.5) is 0 Å². The molecule has 0 spiro atoms. The monoisotopic (exact) mass is 322 g/mol. The van der Waals surface area contributed by atoms with Gasteiger partial charge in [0.15, 0.2) is 11.0 Å². The molecular formula is C15H22N4O2S. The lowest BCUT2D eigenvalue weighted by atomic mass is 10.2. The minimum Gasteiger partial charge on any atom is -0.469 e. The molecule has 0 aromatic carbocycles. The number of carbonyl (C=O) groups is 1. The zero-order valence-corrected chi connectivity index (χ0v) is 14.4. The molecule has 22 heavy (non-hydrogen) atoms. The minimum absolute atomic E-state index is 0.0164. The van der Waals surface area contributed by atoms with Gasteiger partial charge in [0, 0.05) is 13.6 Å². The number of aromatic nitrogens is 3. The Morgan fingerprint density at radius 2 is 2.14 bits per heavy atom. The molecule has 0 bridgehead atoms. The predicted molar refractivity (Wildman–Crippen MR) is 86.6 cm³/mol. The highest BCUT2D eigenvalue weighted by Crippen LogP contribution is 2.27. The predicted octanol–water partition coefficient (Wildman–Crippen LogP) is 2.64. The van der Waals surface area contributed by atoms with Gasteiger partial charge >= 0.3 is 0 Å². The van der Waals surface area contributed by atoms with Crippen LogP contribution >= 0.6 is 11.8 Å². The van der Waals surface area contributed by atoms with E-state index in [0.717, 1.165) is 17.1 Å². The maximum absolute atomic E-state index is 12.0. The first-order valence-electron chi connectivity index (χ1n) is 7.28. The van der Waals surface area contributed by atoms with E-state index >= 15 is 0 Å². The first-order valence-corrected chi connectivity index (χ1v) is 8.16. The van der Waals surface area contributed by atoms with Crippen molar-refractivity contribution >= 4 is 17.7 Å². The Labute approximate surface area is 134 Å². The van der Waals surface area contributed by atoms with E-state index in [1.54, 1.807) is 6.26 Å². The van der Waals surface area contributed by atoms with Crippen molar-refractivity contribution in [2.24, 2.45) is 13.0 Å². The molecule has 0 aliphatic carbocycles. The van der Waals surface area contributed by atoms with E-state index in [1.807, 2.05) is 31.5 Å². The normalized spacial score (nSPS) is 12.6. The summed E-state index contributed by atoms with van der Waals surface area (Å²) in [6.07, 6.45) is 1.63. The van der Waals surface area contributed by atoms with Gasteiger partial charge in [0.25, 0.3) is 0 Å². The summed E-state index contributed by atoms with van der Waals surface area (Å²) in [5.74, 6) is 1.99. The summed E-state index contributed by atoms with van der Waals surface area (Å²) in [6, 6.07) is 1.87. The van der Waals surface area contributed by atoms with E-state index in [9.17, 15) is 4.79 Å². The van der Waals surface area contributed by atoms with Crippen molar-refractivity contribution < 1.29 is 9.21 Å². The van der Waals surface area contributed by atoms with Gasteiger partial charge in [-0.05, 0) is 25.8 Å². The maximum atomic E-state index is 12.0. The molecule has 1 N–H and O–H groups in total. The van der Waals surface area contributed by atoms with Gasteiger partial charge in [0.05, 0.1) is 17.1 Å². The Balaban J connectivity index is 2.07. The van der Waals surface area contributed by atoms with Crippen molar-refractivity contribution in [3.05, 3.63) is 18.1 Å². The number of hydrogen-bond acceptors (Lipinski definition) is 5. The van der Waals surface area contributed by atoms with E-state index in [2.05, 4.69) is 29.4 Å². The molecule has 0 aliphatic rings. The number of hydrogen-bond donors (Lipinski definition) is 1. The van der Waals surface area contributed by atoms with Gasteiger partial charge in [-0.2, -0.15) is 0 Å². The zero-order valence-electron chi connectivity index (χ0n) is 13.6. The highest BCUT2D eigenvalue weighted by molar-refractivity contribution is 8.00. The van der Waals surface area contributed by atoms with Crippen LogP contribution in [0.2, 0.25) is 0 Å². The van der Waals surface area contributed by atoms with Crippen molar-refractivity contribution in [3.8, 4) is 11.4 Å². The smallest absolute Gasteiger partial charge is 0.233 e. The van der Waals surface area contributed by atoms with Gasteiger partial charge in [0.1, 0.15) is 5.76 Å². The van der Waals surface area contributed by atoms with Crippen LogP contribution in [0.5, 0.6) is 0 Å². The molecule has 1 amide bonds. The Morgan fingerprint density at radius 1 is 1.41 bits per heavy atom. The molecule has 0 aliphatic heterocycles. The molecule has 2 heterocycles. The second-order valence-corrected chi connectivity index (χ2v) is 6.96. The summed E-state index contributed by atoms with van der Waals surface area (Å²) in [4.78, 5) is 12.0. The lowest BCUT2D eigenvalue weighted by molar-refractivity contribution is -0.120. The molecule has 0 fully saturated rings. The SMILES string of the molecule is Cc1occc1-c1nnc(S[C@H](C)C(=O)NCC(C)C)n1C. The van der Waals surface area contributed by atoms with Crippen LogP contribution in [0.25, 0.3) is 11.4 Å².